The topological polar surface area (TPSA) is 50.8 Å². The second-order valence-corrected chi connectivity index (χ2v) is 9.15. The van der Waals surface area contributed by atoms with E-state index in [0.29, 0.717) is 16.7 Å². The Morgan fingerprint density at radius 2 is 1.18 bits per heavy atom. The maximum absolute atomic E-state index is 9.59. The minimum Gasteiger partial charge on any atom is -0.308 e. The van der Waals surface area contributed by atoms with E-state index >= 15 is 0 Å². The molecule has 0 aromatic heterocycles. The van der Waals surface area contributed by atoms with Gasteiger partial charge in [0.25, 0.3) is 0 Å². The van der Waals surface area contributed by atoms with E-state index in [9.17, 15) is 10.5 Å². The van der Waals surface area contributed by atoms with Crippen LogP contribution in [-0.2, 0) is 0 Å². The van der Waals surface area contributed by atoms with Crippen LogP contribution in [0.5, 0.6) is 0 Å². The summed E-state index contributed by atoms with van der Waals surface area (Å²) in [7, 11) is 0. The third-order valence-corrected chi connectivity index (χ3v) is 7.24. The number of fused-ring (bicyclic) bond motifs is 3. The van der Waals surface area contributed by atoms with E-state index in [4.69, 9.17) is 0 Å². The van der Waals surface area contributed by atoms with Gasteiger partial charge in [0, 0.05) is 21.0 Å². The van der Waals surface area contributed by atoms with Crippen LogP contribution in [0, 0.1) is 22.7 Å². The van der Waals surface area contributed by atoms with Crippen LogP contribution in [0.4, 0.5) is 17.1 Å². The molecular weight excluding hydrogens is 434 g/mol. The van der Waals surface area contributed by atoms with Gasteiger partial charge in [0.05, 0.1) is 34.6 Å². The van der Waals surface area contributed by atoms with Gasteiger partial charge in [-0.05, 0) is 70.9 Å². The van der Waals surface area contributed by atoms with Gasteiger partial charge < -0.3 is 4.90 Å². The lowest BCUT2D eigenvalue weighted by molar-refractivity contribution is 1.17. The molecule has 0 N–H and O–H groups in total. The standard InChI is InChI=1S/C30H17N3S/c31-18-23-6-5-7-24(19-32)30(23)22-13-12-21-17-25(15-14-20(21)16-22)33-26-8-1-3-10-28(26)34-29-11-4-2-9-27(29)33/h1-17H. The van der Waals surface area contributed by atoms with Crippen molar-refractivity contribution in [3.05, 3.63) is 114 Å². The smallest absolute Gasteiger partial charge is 0.0998 e. The van der Waals surface area contributed by atoms with Gasteiger partial charge in [0.15, 0.2) is 0 Å². The summed E-state index contributed by atoms with van der Waals surface area (Å²) < 4.78 is 0. The molecule has 1 aliphatic heterocycles. The van der Waals surface area contributed by atoms with Crippen molar-refractivity contribution in [1.29, 1.82) is 10.5 Å². The van der Waals surface area contributed by atoms with Crippen molar-refractivity contribution in [2.24, 2.45) is 0 Å². The Morgan fingerprint density at radius 1 is 0.588 bits per heavy atom. The Balaban J connectivity index is 1.50. The van der Waals surface area contributed by atoms with Gasteiger partial charge in [-0.25, -0.2) is 0 Å². The molecule has 0 unspecified atom stereocenters. The quantitative estimate of drug-likeness (QED) is 0.266. The van der Waals surface area contributed by atoms with Crippen LogP contribution in [0.1, 0.15) is 11.1 Å². The predicted molar refractivity (Wildman–Crippen MR) is 138 cm³/mol. The first-order chi connectivity index (χ1) is 16.8. The number of anilines is 3. The summed E-state index contributed by atoms with van der Waals surface area (Å²) in [5.74, 6) is 0. The molecule has 4 heteroatoms. The Labute approximate surface area is 202 Å². The van der Waals surface area contributed by atoms with E-state index < -0.39 is 0 Å². The predicted octanol–water partition coefficient (Wildman–Crippen LogP) is 8.18. The number of para-hydroxylation sites is 2. The van der Waals surface area contributed by atoms with Crippen molar-refractivity contribution in [2.75, 3.05) is 4.90 Å². The van der Waals surface area contributed by atoms with Crippen molar-refractivity contribution >= 4 is 39.6 Å². The minimum atomic E-state index is 0.508. The zero-order chi connectivity index (χ0) is 23.1. The molecule has 0 amide bonds. The largest absolute Gasteiger partial charge is 0.308 e. The monoisotopic (exact) mass is 451 g/mol. The summed E-state index contributed by atoms with van der Waals surface area (Å²) >= 11 is 1.80. The molecule has 1 heterocycles. The molecule has 0 atom stereocenters. The fourth-order valence-electron chi connectivity index (χ4n) is 4.56. The Kier molecular flexibility index (Phi) is 4.81. The third-order valence-electron chi connectivity index (χ3n) is 6.11. The van der Waals surface area contributed by atoms with Crippen LogP contribution in [0.25, 0.3) is 21.9 Å². The number of nitrogens with zero attached hydrogens (tertiary/aromatic N) is 3. The highest BCUT2D eigenvalue weighted by Gasteiger charge is 2.24. The second-order valence-electron chi connectivity index (χ2n) is 8.07. The zero-order valence-corrected chi connectivity index (χ0v) is 18.9. The van der Waals surface area contributed by atoms with Gasteiger partial charge in [-0.2, -0.15) is 10.5 Å². The second kappa shape index (κ2) is 8.12. The highest BCUT2D eigenvalue weighted by Crippen LogP contribution is 2.51. The molecule has 0 aliphatic carbocycles. The SMILES string of the molecule is N#Cc1cccc(C#N)c1-c1ccc2cc(N3c4ccccc4Sc4ccccc43)ccc2c1. The number of hydrogen-bond donors (Lipinski definition) is 0. The van der Waals surface area contributed by atoms with E-state index in [-0.39, 0.29) is 0 Å². The Hall–Kier alpha value is -4.51. The van der Waals surface area contributed by atoms with Gasteiger partial charge in [0.1, 0.15) is 0 Å². The summed E-state index contributed by atoms with van der Waals surface area (Å²) in [6.45, 7) is 0. The van der Waals surface area contributed by atoms with Crippen molar-refractivity contribution in [1.82, 2.24) is 0 Å². The summed E-state index contributed by atoms with van der Waals surface area (Å²) in [6, 6.07) is 39.2. The summed E-state index contributed by atoms with van der Waals surface area (Å²) in [5.41, 5.74) is 6.01. The first-order valence-electron chi connectivity index (χ1n) is 10.9. The van der Waals surface area contributed by atoms with Crippen molar-refractivity contribution < 1.29 is 0 Å². The molecule has 6 rings (SSSR count). The molecule has 0 saturated carbocycles. The molecular formula is C30H17N3S. The molecule has 0 radical (unpaired) electrons. The molecule has 5 aromatic carbocycles. The molecule has 158 valence electrons. The lowest BCUT2D eigenvalue weighted by Crippen LogP contribution is -2.14. The van der Waals surface area contributed by atoms with Crippen LogP contribution < -0.4 is 4.90 Å². The van der Waals surface area contributed by atoms with Crippen LogP contribution in [0.2, 0.25) is 0 Å². The number of rotatable bonds is 2. The first kappa shape index (κ1) is 20.1. The normalized spacial score (nSPS) is 11.9. The molecule has 0 saturated heterocycles. The molecule has 3 nitrogen and oxygen atoms in total. The zero-order valence-electron chi connectivity index (χ0n) is 18.1. The summed E-state index contributed by atoms with van der Waals surface area (Å²) in [5, 5.41) is 21.3. The molecule has 1 aliphatic rings. The molecule has 0 spiro atoms. The van der Waals surface area contributed by atoms with E-state index in [0.717, 1.165) is 22.0 Å². The van der Waals surface area contributed by atoms with Gasteiger partial charge in [-0.15, -0.1) is 0 Å². The maximum atomic E-state index is 9.59. The molecule has 5 aromatic rings. The highest BCUT2D eigenvalue weighted by atomic mass is 32.2. The molecule has 34 heavy (non-hydrogen) atoms. The van der Waals surface area contributed by atoms with Crippen LogP contribution in [0.3, 0.4) is 0 Å². The van der Waals surface area contributed by atoms with Gasteiger partial charge >= 0.3 is 0 Å². The summed E-state index contributed by atoms with van der Waals surface area (Å²) in [4.78, 5) is 4.77. The van der Waals surface area contributed by atoms with Gasteiger partial charge in [-0.1, -0.05) is 60.3 Å². The number of nitriles is 2. The van der Waals surface area contributed by atoms with Gasteiger partial charge in [0.2, 0.25) is 0 Å². The first-order valence-corrected chi connectivity index (χ1v) is 11.7. The van der Waals surface area contributed by atoms with Gasteiger partial charge in [-0.3, -0.25) is 0 Å². The molecule has 0 bridgehead atoms. The summed E-state index contributed by atoms with van der Waals surface area (Å²) in [6.07, 6.45) is 0. The maximum Gasteiger partial charge on any atom is 0.0998 e. The number of benzene rings is 5. The fraction of sp³-hybridized carbons (Fsp3) is 0. The van der Waals surface area contributed by atoms with Crippen molar-refractivity contribution in [2.45, 2.75) is 9.79 Å². The lowest BCUT2D eigenvalue weighted by atomic mass is 9.93. The Bertz CT molecular complexity index is 1600. The van der Waals surface area contributed by atoms with E-state index in [1.807, 2.05) is 6.07 Å². The van der Waals surface area contributed by atoms with E-state index in [2.05, 4.69) is 95.9 Å². The lowest BCUT2D eigenvalue weighted by Gasteiger charge is -2.33. The third kappa shape index (κ3) is 3.21. The van der Waals surface area contributed by atoms with E-state index in [1.54, 1.807) is 30.0 Å². The van der Waals surface area contributed by atoms with Crippen molar-refractivity contribution in [3.8, 4) is 23.3 Å². The average molecular weight is 452 g/mol. The molecule has 0 fully saturated rings. The fourth-order valence-corrected chi connectivity index (χ4v) is 5.62. The van der Waals surface area contributed by atoms with Crippen LogP contribution in [0.15, 0.2) is 113 Å². The van der Waals surface area contributed by atoms with Crippen molar-refractivity contribution in [3.63, 3.8) is 0 Å². The average Bonchev–Trinajstić information content (AvgIpc) is 2.90. The van der Waals surface area contributed by atoms with Crippen LogP contribution >= 0.6 is 11.8 Å². The minimum absolute atomic E-state index is 0.508. The highest BCUT2D eigenvalue weighted by molar-refractivity contribution is 7.99. The van der Waals surface area contributed by atoms with Crippen LogP contribution in [-0.4, -0.2) is 0 Å². The Morgan fingerprint density at radius 3 is 1.82 bits per heavy atom. The van der Waals surface area contributed by atoms with E-state index in [1.165, 1.54) is 21.2 Å². The number of hydrogen-bond acceptors (Lipinski definition) is 4.